The van der Waals surface area contributed by atoms with Crippen LogP contribution in [0, 0.1) is 6.92 Å². The Morgan fingerprint density at radius 2 is 1.91 bits per heavy atom. The Morgan fingerprint density at radius 3 is 2.73 bits per heavy atom. The van der Waals surface area contributed by atoms with Crippen molar-refractivity contribution in [1.29, 1.82) is 0 Å². The first-order valence-electron chi connectivity index (χ1n) is 7.73. The molecule has 0 bridgehead atoms. The summed E-state index contributed by atoms with van der Waals surface area (Å²) in [7, 11) is 0. The van der Waals surface area contributed by atoms with Crippen LogP contribution in [0.1, 0.15) is 17.5 Å². The van der Waals surface area contributed by atoms with Gasteiger partial charge in [-0.1, -0.05) is 30.3 Å². The van der Waals surface area contributed by atoms with E-state index in [1.54, 1.807) is 6.20 Å². The zero-order valence-electron chi connectivity index (χ0n) is 12.9. The summed E-state index contributed by atoms with van der Waals surface area (Å²) in [6, 6.07) is 10.7. The van der Waals surface area contributed by atoms with E-state index < -0.39 is 0 Å². The minimum Gasteiger partial charge on any atom is -0.355 e. The number of aromatic nitrogens is 2. The highest BCUT2D eigenvalue weighted by atomic mass is 35.5. The third kappa shape index (κ3) is 3.76. The molecule has 1 aliphatic rings. The molecule has 0 saturated carbocycles. The highest BCUT2D eigenvalue weighted by molar-refractivity contribution is 6.28. The van der Waals surface area contributed by atoms with Crippen molar-refractivity contribution >= 4 is 17.4 Å². The molecular formula is C17H21ClN4. The summed E-state index contributed by atoms with van der Waals surface area (Å²) in [5.41, 5.74) is 2.46. The number of anilines is 1. The molecule has 0 amide bonds. The van der Waals surface area contributed by atoms with Crippen LogP contribution in [-0.4, -0.2) is 41.0 Å². The van der Waals surface area contributed by atoms with Gasteiger partial charge < -0.3 is 4.90 Å². The summed E-state index contributed by atoms with van der Waals surface area (Å²) in [6.45, 7) is 7.19. The van der Waals surface area contributed by atoms with E-state index in [0.29, 0.717) is 5.28 Å². The van der Waals surface area contributed by atoms with Gasteiger partial charge in [-0.3, -0.25) is 4.90 Å². The number of aryl methyl sites for hydroxylation is 1. The SMILES string of the molecule is Cc1cnc(Cl)nc1N1CCCN(Cc2ccccc2)CC1. The van der Waals surface area contributed by atoms with Crippen molar-refractivity contribution in [2.45, 2.75) is 19.9 Å². The van der Waals surface area contributed by atoms with Gasteiger partial charge in [0.2, 0.25) is 5.28 Å². The molecule has 0 spiro atoms. The van der Waals surface area contributed by atoms with Crippen LogP contribution in [0.2, 0.25) is 5.28 Å². The van der Waals surface area contributed by atoms with E-state index in [0.717, 1.165) is 50.5 Å². The third-order valence-electron chi connectivity index (χ3n) is 4.05. The van der Waals surface area contributed by atoms with Crippen LogP contribution in [0.25, 0.3) is 0 Å². The fourth-order valence-electron chi connectivity index (χ4n) is 2.91. The largest absolute Gasteiger partial charge is 0.355 e. The smallest absolute Gasteiger partial charge is 0.224 e. The number of rotatable bonds is 3. The minimum atomic E-state index is 0.325. The topological polar surface area (TPSA) is 32.3 Å². The first-order chi connectivity index (χ1) is 10.7. The lowest BCUT2D eigenvalue weighted by molar-refractivity contribution is 0.285. The maximum Gasteiger partial charge on any atom is 0.224 e. The molecule has 1 saturated heterocycles. The van der Waals surface area contributed by atoms with Crippen molar-refractivity contribution in [2.24, 2.45) is 0 Å². The first kappa shape index (κ1) is 15.3. The summed E-state index contributed by atoms with van der Waals surface area (Å²) in [4.78, 5) is 13.3. The first-order valence-corrected chi connectivity index (χ1v) is 8.10. The van der Waals surface area contributed by atoms with E-state index in [-0.39, 0.29) is 0 Å². The van der Waals surface area contributed by atoms with Crippen molar-refractivity contribution in [2.75, 3.05) is 31.1 Å². The fraction of sp³-hybridized carbons (Fsp3) is 0.412. The standard InChI is InChI=1S/C17H21ClN4/c1-14-12-19-17(18)20-16(14)22-9-5-8-21(10-11-22)13-15-6-3-2-4-7-15/h2-4,6-7,12H,5,8-11,13H2,1H3. The predicted molar refractivity (Wildman–Crippen MR) is 90.3 cm³/mol. The summed E-state index contributed by atoms with van der Waals surface area (Å²) >= 11 is 5.95. The summed E-state index contributed by atoms with van der Waals surface area (Å²) in [6.07, 6.45) is 2.94. The second kappa shape index (κ2) is 7.07. The zero-order valence-corrected chi connectivity index (χ0v) is 13.6. The van der Waals surface area contributed by atoms with Gasteiger partial charge in [-0.05, 0) is 30.5 Å². The average Bonchev–Trinajstić information content (AvgIpc) is 2.76. The van der Waals surface area contributed by atoms with Crippen LogP contribution in [0.15, 0.2) is 36.5 Å². The van der Waals surface area contributed by atoms with Crippen molar-refractivity contribution in [1.82, 2.24) is 14.9 Å². The Kier molecular flexibility index (Phi) is 4.90. The Balaban J connectivity index is 1.66. The Labute approximate surface area is 136 Å². The fourth-order valence-corrected chi connectivity index (χ4v) is 3.04. The summed E-state index contributed by atoms with van der Waals surface area (Å²) in [5, 5.41) is 0.325. The molecule has 116 valence electrons. The van der Waals surface area contributed by atoms with E-state index in [2.05, 4.69) is 50.1 Å². The van der Waals surface area contributed by atoms with Crippen molar-refractivity contribution < 1.29 is 0 Å². The van der Waals surface area contributed by atoms with Crippen molar-refractivity contribution in [3.63, 3.8) is 0 Å². The molecule has 2 heterocycles. The number of halogens is 1. The molecule has 0 atom stereocenters. The molecule has 1 aromatic carbocycles. The Morgan fingerprint density at radius 1 is 1.09 bits per heavy atom. The van der Waals surface area contributed by atoms with Crippen molar-refractivity contribution in [3.8, 4) is 0 Å². The molecule has 0 aliphatic carbocycles. The lowest BCUT2D eigenvalue weighted by atomic mass is 10.2. The van der Waals surface area contributed by atoms with Crippen LogP contribution < -0.4 is 4.90 Å². The van der Waals surface area contributed by atoms with E-state index in [9.17, 15) is 0 Å². The third-order valence-corrected chi connectivity index (χ3v) is 4.23. The molecule has 0 N–H and O–H groups in total. The second-order valence-corrected chi connectivity index (χ2v) is 6.09. The van der Waals surface area contributed by atoms with Gasteiger partial charge >= 0.3 is 0 Å². The van der Waals surface area contributed by atoms with Gasteiger partial charge in [-0.2, -0.15) is 0 Å². The number of hydrogen-bond donors (Lipinski definition) is 0. The van der Waals surface area contributed by atoms with E-state index in [1.807, 2.05) is 6.92 Å². The van der Waals surface area contributed by atoms with Crippen LogP contribution in [0.5, 0.6) is 0 Å². The molecule has 1 aliphatic heterocycles. The quantitative estimate of drug-likeness (QED) is 0.814. The normalized spacial score (nSPS) is 16.5. The van der Waals surface area contributed by atoms with Gasteiger partial charge in [0, 0.05) is 44.5 Å². The molecule has 2 aromatic rings. The van der Waals surface area contributed by atoms with Gasteiger partial charge in [0.15, 0.2) is 0 Å². The Hall–Kier alpha value is -1.65. The predicted octanol–water partition coefficient (Wildman–Crippen LogP) is 3.15. The highest BCUT2D eigenvalue weighted by Crippen LogP contribution is 2.20. The van der Waals surface area contributed by atoms with E-state index in [4.69, 9.17) is 11.6 Å². The average molecular weight is 317 g/mol. The number of nitrogens with zero attached hydrogens (tertiary/aromatic N) is 4. The molecule has 1 fully saturated rings. The summed E-state index contributed by atoms with van der Waals surface area (Å²) in [5.74, 6) is 0.974. The lowest BCUT2D eigenvalue weighted by Gasteiger charge is -2.24. The van der Waals surface area contributed by atoms with Crippen molar-refractivity contribution in [3.05, 3.63) is 52.9 Å². The molecule has 0 radical (unpaired) electrons. The van der Waals surface area contributed by atoms with Gasteiger partial charge in [-0.25, -0.2) is 9.97 Å². The van der Waals surface area contributed by atoms with Gasteiger partial charge in [0.05, 0.1) is 0 Å². The van der Waals surface area contributed by atoms with Gasteiger partial charge in [0.1, 0.15) is 5.82 Å². The van der Waals surface area contributed by atoms with Crippen LogP contribution in [0.3, 0.4) is 0 Å². The lowest BCUT2D eigenvalue weighted by Crippen LogP contribution is -2.31. The highest BCUT2D eigenvalue weighted by Gasteiger charge is 2.18. The van der Waals surface area contributed by atoms with E-state index in [1.165, 1.54) is 5.56 Å². The molecular weight excluding hydrogens is 296 g/mol. The summed E-state index contributed by atoms with van der Waals surface area (Å²) < 4.78 is 0. The van der Waals surface area contributed by atoms with Crippen LogP contribution >= 0.6 is 11.6 Å². The Bertz CT molecular complexity index is 617. The van der Waals surface area contributed by atoms with E-state index >= 15 is 0 Å². The van der Waals surface area contributed by atoms with Crippen LogP contribution in [-0.2, 0) is 6.54 Å². The number of hydrogen-bond acceptors (Lipinski definition) is 4. The maximum atomic E-state index is 5.95. The monoisotopic (exact) mass is 316 g/mol. The van der Waals surface area contributed by atoms with Gasteiger partial charge in [-0.15, -0.1) is 0 Å². The number of benzene rings is 1. The zero-order chi connectivity index (χ0) is 15.4. The van der Waals surface area contributed by atoms with Gasteiger partial charge in [0.25, 0.3) is 0 Å². The minimum absolute atomic E-state index is 0.325. The molecule has 3 rings (SSSR count). The maximum absolute atomic E-state index is 5.95. The molecule has 4 nitrogen and oxygen atoms in total. The molecule has 1 aromatic heterocycles. The molecule has 22 heavy (non-hydrogen) atoms. The second-order valence-electron chi connectivity index (χ2n) is 5.75. The molecule has 5 heteroatoms. The molecule has 0 unspecified atom stereocenters. The van der Waals surface area contributed by atoms with Crippen LogP contribution in [0.4, 0.5) is 5.82 Å².